The van der Waals surface area contributed by atoms with E-state index >= 15 is 0 Å². The predicted octanol–water partition coefficient (Wildman–Crippen LogP) is 4.88. The fourth-order valence-electron chi connectivity index (χ4n) is 5.87. The summed E-state index contributed by atoms with van der Waals surface area (Å²) in [6, 6.07) is 20.1. The number of anilines is 2. The van der Waals surface area contributed by atoms with Crippen LogP contribution < -0.4 is 26.0 Å². The Kier molecular flexibility index (Phi) is 10.4. The summed E-state index contributed by atoms with van der Waals surface area (Å²) in [5, 5.41) is 6.75. The summed E-state index contributed by atoms with van der Waals surface area (Å²) in [7, 11) is 1.60. The Labute approximate surface area is 263 Å². The molecule has 1 aliphatic heterocycles. The molecule has 1 aliphatic carbocycles. The lowest BCUT2D eigenvalue weighted by atomic mass is 9.91. The third-order valence-electron chi connectivity index (χ3n) is 8.36. The molecule has 5 rings (SSSR count). The lowest BCUT2D eigenvalue weighted by Crippen LogP contribution is -2.40. The van der Waals surface area contributed by atoms with Gasteiger partial charge in [0.05, 0.1) is 24.9 Å². The van der Waals surface area contributed by atoms with Crippen LogP contribution in [0.5, 0.6) is 5.75 Å². The van der Waals surface area contributed by atoms with Crippen LogP contribution in [0.3, 0.4) is 0 Å². The highest BCUT2D eigenvalue weighted by Crippen LogP contribution is 2.30. The van der Waals surface area contributed by atoms with Gasteiger partial charge in [0.15, 0.2) is 0 Å². The number of benzene rings is 3. The summed E-state index contributed by atoms with van der Waals surface area (Å²) in [4.78, 5) is 43.7. The van der Waals surface area contributed by atoms with Crippen LogP contribution in [0.15, 0.2) is 66.7 Å². The van der Waals surface area contributed by atoms with Crippen molar-refractivity contribution < 1.29 is 19.1 Å². The second kappa shape index (κ2) is 14.6. The Hall–Kier alpha value is -4.08. The van der Waals surface area contributed by atoms with Gasteiger partial charge in [-0.15, -0.1) is 0 Å². The van der Waals surface area contributed by atoms with E-state index in [4.69, 9.17) is 22.1 Å². The highest BCUT2D eigenvalue weighted by Gasteiger charge is 2.25. The van der Waals surface area contributed by atoms with E-state index in [2.05, 4.69) is 15.5 Å². The SMILES string of the molecule is COc1ccc(CC(=O)Nc2cc(C(=O)NC3CCC(N)CC3)ccc2N2CCCN(C(=O)c3cccc(Cl)c3)CC2)cc1. The number of halogens is 1. The third-order valence-corrected chi connectivity index (χ3v) is 8.59. The molecular weight excluding hydrogens is 578 g/mol. The van der Waals surface area contributed by atoms with E-state index in [0.29, 0.717) is 48.0 Å². The number of hydrogen-bond acceptors (Lipinski definition) is 6. The van der Waals surface area contributed by atoms with Crippen molar-refractivity contribution in [3.05, 3.63) is 88.4 Å². The topological polar surface area (TPSA) is 117 Å². The van der Waals surface area contributed by atoms with Gasteiger partial charge in [-0.1, -0.05) is 29.8 Å². The smallest absolute Gasteiger partial charge is 0.253 e. The second-order valence-electron chi connectivity index (χ2n) is 11.5. The molecule has 232 valence electrons. The lowest BCUT2D eigenvalue weighted by molar-refractivity contribution is -0.115. The van der Waals surface area contributed by atoms with E-state index < -0.39 is 0 Å². The maximum absolute atomic E-state index is 13.3. The van der Waals surface area contributed by atoms with Crippen molar-refractivity contribution in [3.8, 4) is 5.75 Å². The van der Waals surface area contributed by atoms with Crippen molar-refractivity contribution in [2.75, 3.05) is 43.5 Å². The summed E-state index contributed by atoms with van der Waals surface area (Å²) in [5.74, 6) is 0.303. The molecule has 0 atom stereocenters. The highest BCUT2D eigenvalue weighted by molar-refractivity contribution is 6.31. The maximum Gasteiger partial charge on any atom is 0.253 e. The molecular formula is C34H40ClN5O4. The molecule has 0 aromatic heterocycles. The molecule has 0 bridgehead atoms. The summed E-state index contributed by atoms with van der Waals surface area (Å²) in [6.07, 6.45) is 4.41. The molecule has 4 N–H and O–H groups in total. The number of nitrogens with zero attached hydrogens (tertiary/aromatic N) is 2. The standard InChI is InChI=1S/C34H40ClN5O4/c1-44-29-13-6-23(7-14-29)20-32(41)38-30-22-24(33(42)37-28-11-9-27(36)10-12-28)8-15-31(30)39-16-3-17-40(19-18-39)34(43)25-4-2-5-26(35)21-25/h2,4-8,13-15,21-22,27-28H,3,9-12,16-20,36H2,1H3,(H,37,42)(H,38,41). The van der Waals surface area contributed by atoms with Crippen molar-refractivity contribution in [2.24, 2.45) is 5.73 Å². The fraction of sp³-hybridized carbons (Fsp3) is 0.382. The Balaban J connectivity index is 1.33. The number of carbonyl (C=O) groups excluding carboxylic acids is 3. The van der Waals surface area contributed by atoms with Crippen LogP contribution in [0.4, 0.5) is 11.4 Å². The van der Waals surface area contributed by atoms with E-state index in [1.165, 1.54) is 0 Å². The minimum atomic E-state index is -0.192. The number of nitrogens with two attached hydrogens (primary N) is 1. The monoisotopic (exact) mass is 617 g/mol. The number of carbonyl (C=O) groups is 3. The van der Waals surface area contributed by atoms with E-state index in [1.807, 2.05) is 35.2 Å². The fourth-order valence-corrected chi connectivity index (χ4v) is 6.06. The predicted molar refractivity (Wildman–Crippen MR) is 174 cm³/mol. The number of nitrogens with one attached hydrogen (secondary N) is 2. The average molecular weight is 618 g/mol. The van der Waals surface area contributed by atoms with Crippen molar-refractivity contribution in [1.29, 1.82) is 0 Å². The van der Waals surface area contributed by atoms with Gasteiger partial charge in [0, 0.05) is 54.4 Å². The van der Waals surface area contributed by atoms with Crippen LogP contribution in [-0.2, 0) is 11.2 Å². The molecule has 3 aromatic rings. The molecule has 44 heavy (non-hydrogen) atoms. The Morgan fingerprint density at radius 2 is 1.68 bits per heavy atom. The van der Waals surface area contributed by atoms with Gasteiger partial charge in [-0.3, -0.25) is 14.4 Å². The van der Waals surface area contributed by atoms with Gasteiger partial charge in [-0.25, -0.2) is 0 Å². The van der Waals surface area contributed by atoms with Gasteiger partial charge in [-0.05, 0) is 86.2 Å². The van der Waals surface area contributed by atoms with Crippen LogP contribution in [-0.4, -0.2) is 68.0 Å². The molecule has 10 heteroatoms. The number of rotatable bonds is 8. The molecule has 1 saturated carbocycles. The van der Waals surface area contributed by atoms with Crippen LogP contribution in [0.1, 0.15) is 58.4 Å². The number of hydrogen-bond donors (Lipinski definition) is 3. The minimum Gasteiger partial charge on any atom is -0.497 e. The van der Waals surface area contributed by atoms with Gasteiger partial charge >= 0.3 is 0 Å². The first-order valence-electron chi connectivity index (χ1n) is 15.2. The molecule has 9 nitrogen and oxygen atoms in total. The maximum atomic E-state index is 13.3. The second-order valence-corrected chi connectivity index (χ2v) is 12.0. The Morgan fingerprint density at radius 1 is 0.909 bits per heavy atom. The first kappa shape index (κ1) is 31.3. The van der Waals surface area contributed by atoms with Crippen LogP contribution in [0, 0.1) is 0 Å². The summed E-state index contributed by atoms with van der Waals surface area (Å²) in [5.41, 5.74) is 9.31. The summed E-state index contributed by atoms with van der Waals surface area (Å²) < 4.78 is 5.23. The Morgan fingerprint density at radius 3 is 2.41 bits per heavy atom. The summed E-state index contributed by atoms with van der Waals surface area (Å²) in [6.45, 7) is 2.37. The molecule has 0 unspecified atom stereocenters. The van der Waals surface area contributed by atoms with Crippen molar-refractivity contribution in [1.82, 2.24) is 10.2 Å². The number of amides is 3. The highest BCUT2D eigenvalue weighted by atomic mass is 35.5. The van der Waals surface area contributed by atoms with Gasteiger partial charge in [0.1, 0.15) is 5.75 Å². The van der Waals surface area contributed by atoms with Crippen LogP contribution >= 0.6 is 11.6 Å². The number of ether oxygens (including phenoxy) is 1. The molecule has 0 radical (unpaired) electrons. The minimum absolute atomic E-state index is 0.0574. The van der Waals surface area contributed by atoms with Crippen LogP contribution in [0.25, 0.3) is 0 Å². The normalized spacial score (nSPS) is 18.7. The molecule has 0 spiro atoms. The molecule has 1 saturated heterocycles. The number of methoxy groups -OCH3 is 1. The molecule has 3 amide bonds. The third kappa shape index (κ3) is 8.09. The van der Waals surface area contributed by atoms with E-state index in [-0.39, 0.29) is 36.2 Å². The first-order chi connectivity index (χ1) is 21.3. The zero-order valence-corrected chi connectivity index (χ0v) is 25.8. The molecule has 2 fully saturated rings. The van der Waals surface area contributed by atoms with Gasteiger partial charge in [0.25, 0.3) is 11.8 Å². The van der Waals surface area contributed by atoms with E-state index in [0.717, 1.165) is 49.1 Å². The van der Waals surface area contributed by atoms with E-state index in [1.54, 1.807) is 43.5 Å². The quantitative estimate of drug-likeness (QED) is 0.332. The first-order valence-corrected chi connectivity index (χ1v) is 15.6. The zero-order valence-electron chi connectivity index (χ0n) is 25.1. The average Bonchev–Trinajstić information content (AvgIpc) is 3.28. The molecule has 2 aliphatic rings. The van der Waals surface area contributed by atoms with Crippen molar-refractivity contribution in [3.63, 3.8) is 0 Å². The largest absolute Gasteiger partial charge is 0.497 e. The van der Waals surface area contributed by atoms with Crippen molar-refractivity contribution >= 4 is 40.7 Å². The summed E-state index contributed by atoms with van der Waals surface area (Å²) >= 11 is 6.13. The van der Waals surface area contributed by atoms with E-state index in [9.17, 15) is 14.4 Å². The Bertz CT molecular complexity index is 1470. The van der Waals surface area contributed by atoms with Gasteiger partial charge < -0.3 is 30.9 Å². The molecule has 3 aromatic carbocycles. The van der Waals surface area contributed by atoms with Crippen LogP contribution in [0.2, 0.25) is 5.02 Å². The van der Waals surface area contributed by atoms with Gasteiger partial charge in [0.2, 0.25) is 5.91 Å². The lowest BCUT2D eigenvalue weighted by Gasteiger charge is -2.28. The zero-order chi connectivity index (χ0) is 31.1. The van der Waals surface area contributed by atoms with Gasteiger partial charge in [-0.2, -0.15) is 0 Å². The van der Waals surface area contributed by atoms with Crippen molar-refractivity contribution in [2.45, 2.75) is 50.6 Å². The molecule has 1 heterocycles.